The van der Waals surface area contributed by atoms with Crippen LogP contribution in [0.1, 0.15) is 18.1 Å². The summed E-state index contributed by atoms with van der Waals surface area (Å²) in [5, 5.41) is 13.6. The van der Waals surface area contributed by atoms with Crippen LogP contribution < -0.4 is 10.1 Å². The highest BCUT2D eigenvalue weighted by Crippen LogP contribution is 2.25. The summed E-state index contributed by atoms with van der Waals surface area (Å²) in [6.45, 7) is 5.30. The lowest BCUT2D eigenvalue weighted by molar-refractivity contribution is -0.384. The summed E-state index contributed by atoms with van der Waals surface area (Å²) in [6, 6.07) is 11.9. The van der Waals surface area contributed by atoms with Gasteiger partial charge in [0.1, 0.15) is 11.4 Å². The van der Waals surface area contributed by atoms with Gasteiger partial charge in [0.15, 0.2) is 6.10 Å². The predicted molar refractivity (Wildman–Crippen MR) is 87.7 cm³/mol. The highest BCUT2D eigenvalue weighted by Gasteiger charge is 2.20. The summed E-state index contributed by atoms with van der Waals surface area (Å²) in [4.78, 5) is 22.7. The van der Waals surface area contributed by atoms with Gasteiger partial charge in [-0.3, -0.25) is 14.9 Å². The molecular formula is C17H18N2O4. The van der Waals surface area contributed by atoms with Crippen LogP contribution in [0.25, 0.3) is 0 Å². The van der Waals surface area contributed by atoms with Crippen molar-refractivity contribution in [2.75, 3.05) is 5.32 Å². The molecule has 120 valence electrons. The number of hydrogen-bond acceptors (Lipinski definition) is 4. The van der Waals surface area contributed by atoms with Crippen molar-refractivity contribution in [1.82, 2.24) is 0 Å². The molecule has 0 saturated carbocycles. The van der Waals surface area contributed by atoms with Crippen LogP contribution in [0.2, 0.25) is 0 Å². The Morgan fingerprint density at radius 2 is 1.74 bits per heavy atom. The van der Waals surface area contributed by atoms with Crippen molar-refractivity contribution in [2.24, 2.45) is 0 Å². The van der Waals surface area contributed by atoms with Gasteiger partial charge in [-0.2, -0.15) is 0 Å². The normalized spacial score (nSPS) is 11.6. The fourth-order valence-electron chi connectivity index (χ4n) is 2.01. The van der Waals surface area contributed by atoms with Crippen molar-refractivity contribution in [2.45, 2.75) is 26.9 Å². The minimum absolute atomic E-state index is 0.138. The molecule has 2 aromatic rings. The van der Waals surface area contributed by atoms with Gasteiger partial charge in [0.2, 0.25) is 0 Å². The van der Waals surface area contributed by atoms with Crippen LogP contribution in [-0.4, -0.2) is 16.9 Å². The van der Waals surface area contributed by atoms with Gasteiger partial charge in [-0.05, 0) is 44.5 Å². The SMILES string of the molecule is Cc1ccc(OC(C)C(=O)Nc2ccc(C)cc2[N+](=O)[O-])cc1. The van der Waals surface area contributed by atoms with Crippen LogP contribution in [0, 0.1) is 24.0 Å². The van der Waals surface area contributed by atoms with Crippen LogP contribution >= 0.6 is 0 Å². The second-order valence-electron chi connectivity index (χ2n) is 5.34. The number of anilines is 1. The van der Waals surface area contributed by atoms with Crippen molar-refractivity contribution in [3.63, 3.8) is 0 Å². The van der Waals surface area contributed by atoms with E-state index in [1.54, 1.807) is 32.0 Å². The van der Waals surface area contributed by atoms with Crippen LogP contribution in [0.4, 0.5) is 11.4 Å². The van der Waals surface area contributed by atoms with Gasteiger partial charge < -0.3 is 10.1 Å². The molecule has 0 aliphatic heterocycles. The Hall–Kier alpha value is -2.89. The minimum Gasteiger partial charge on any atom is -0.481 e. The van der Waals surface area contributed by atoms with Crippen molar-refractivity contribution in [3.8, 4) is 5.75 Å². The number of nitro groups is 1. The van der Waals surface area contributed by atoms with Crippen LogP contribution in [0.15, 0.2) is 42.5 Å². The van der Waals surface area contributed by atoms with Gasteiger partial charge in [0.25, 0.3) is 11.6 Å². The van der Waals surface area contributed by atoms with Gasteiger partial charge in [-0.1, -0.05) is 23.8 Å². The number of carbonyl (C=O) groups is 1. The molecule has 0 saturated heterocycles. The molecule has 6 nitrogen and oxygen atoms in total. The van der Waals surface area contributed by atoms with Gasteiger partial charge in [0, 0.05) is 6.07 Å². The number of aryl methyl sites for hydroxylation is 2. The number of nitro benzene ring substituents is 1. The number of carbonyl (C=O) groups excluding carboxylic acids is 1. The molecule has 1 amide bonds. The summed E-state index contributed by atoms with van der Waals surface area (Å²) >= 11 is 0. The summed E-state index contributed by atoms with van der Waals surface area (Å²) in [7, 11) is 0. The standard InChI is InChI=1S/C17H18N2O4/c1-11-4-7-14(8-5-11)23-13(3)17(20)18-15-9-6-12(2)10-16(15)19(21)22/h4-10,13H,1-3H3,(H,18,20). The lowest BCUT2D eigenvalue weighted by Gasteiger charge is -2.15. The third-order valence-electron chi connectivity index (χ3n) is 3.31. The Balaban J connectivity index is 2.09. The molecule has 0 radical (unpaired) electrons. The molecule has 0 bridgehead atoms. The van der Waals surface area contributed by atoms with Crippen molar-refractivity contribution >= 4 is 17.3 Å². The van der Waals surface area contributed by atoms with Gasteiger partial charge in [-0.25, -0.2) is 0 Å². The Kier molecular flexibility index (Phi) is 4.95. The third-order valence-corrected chi connectivity index (χ3v) is 3.31. The largest absolute Gasteiger partial charge is 0.481 e. The molecule has 0 spiro atoms. The molecule has 2 rings (SSSR count). The average Bonchev–Trinajstić information content (AvgIpc) is 2.51. The fraction of sp³-hybridized carbons (Fsp3) is 0.235. The molecular weight excluding hydrogens is 296 g/mol. The van der Waals surface area contributed by atoms with Crippen molar-refractivity contribution < 1.29 is 14.5 Å². The van der Waals surface area contributed by atoms with E-state index < -0.39 is 16.9 Å². The monoisotopic (exact) mass is 314 g/mol. The zero-order valence-corrected chi connectivity index (χ0v) is 13.2. The topological polar surface area (TPSA) is 81.5 Å². The number of ether oxygens (including phenoxy) is 1. The summed E-state index contributed by atoms with van der Waals surface area (Å²) in [5.74, 6) is 0.120. The van der Waals surface area contributed by atoms with E-state index in [2.05, 4.69) is 5.32 Å². The molecule has 1 atom stereocenters. The van der Waals surface area contributed by atoms with E-state index in [9.17, 15) is 14.9 Å². The molecule has 23 heavy (non-hydrogen) atoms. The van der Waals surface area contributed by atoms with Crippen LogP contribution in [-0.2, 0) is 4.79 Å². The highest BCUT2D eigenvalue weighted by atomic mass is 16.6. The summed E-state index contributed by atoms with van der Waals surface area (Å²) in [6.07, 6.45) is -0.779. The van der Waals surface area contributed by atoms with E-state index in [0.29, 0.717) is 5.75 Å². The Morgan fingerprint density at radius 3 is 2.35 bits per heavy atom. The quantitative estimate of drug-likeness (QED) is 0.675. The first-order valence-corrected chi connectivity index (χ1v) is 7.16. The van der Waals surface area contributed by atoms with E-state index in [1.807, 2.05) is 19.1 Å². The lowest BCUT2D eigenvalue weighted by atomic mass is 10.2. The lowest BCUT2D eigenvalue weighted by Crippen LogP contribution is -2.30. The third kappa shape index (κ3) is 4.29. The maximum Gasteiger partial charge on any atom is 0.293 e. The molecule has 1 unspecified atom stereocenters. The second kappa shape index (κ2) is 6.91. The van der Waals surface area contributed by atoms with E-state index in [0.717, 1.165) is 11.1 Å². The number of rotatable bonds is 5. The minimum atomic E-state index is -0.779. The summed E-state index contributed by atoms with van der Waals surface area (Å²) < 4.78 is 5.55. The van der Waals surface area contributed by atoms with Crippen LogP contribution in [0.3, 0.4) is 0 Å². The zero-order chi connectivity index (χ0) is 17.0. The number of nitrogens with one attached hydrogen (secondary N) is 1. The molecule has 0 heterocycles. The first-order chi connectivity index (χ1) is 10.9. The Labute approximate surface area is 134 Å². The zero-order valence-electron chi connectivity index (χ0n) is 13.2. The van der Waals surface area contributed by atoms with Gasteiger partial charge >= 0.3 is 0 Å². The number of nitrogens with zero attached hydrogens (tertiary/aromatic N) is 1. The molecule has 0 aliphatic carbocycles. The molecule has 0 fully saturated rings. The number of hydrogen-bond donors (Lipinski definition) is 1. The smallest absolute Gasteiger partial charge is 0.293 e. The first kappa shape index (κ1) is 16.5. The van der Waals surface area contributed by atoms with Gasteiger partial charge in [-0.15, -0.1) is 0 Å². The molecule has 6 heteroatoms. The number of benzene rings is 2. The van der Waals surface area contributed by atoms with Crippen LogP contribution in [0.5, 0.6) is 5.75 Å². The van der Waals surface area contributed by atoms with Crippen molar-refractivity contribution in [1.29, 1.82) is 0 Å². The van der Waals surface area contributed by atoms with Gasteiger partial charge in [0.05, 0.1) is 4.92 Å². The van der Waals surface area contributed by atoms with E-state index in [1.165, 1.54) is 12.1 Å². The molecule has 1 N–H and O–H groups in total. The second-order valence-corrected chi connectivity index (χ2v) is 5.34. The first-order valence-electron chi connectivity index (χ1n) is 7.16. The maximum absolute atomic E-state index is 12.2. The number of amides is 1. The predicted octanol–water partition coefficient (Wildman–Crippen LogP) is 3.62. The maximum atomic E-state index is 12.2. The molecule has 2 aromatic carbocycles. The summed E-state index contributed by atoms with van der Waals surface area (Å²) in [5.41, 5.74) is 1.86. The Morgan fingerprint density at radius 1 is 1.13 bits per heavy atom. The molecule has 0 aliphatic rings. The Bertz CT molecular complexity index is 726. The average molecular weight is 314 g/mol. The molecule has 0 aromatic heterocycles. The fourth-order valence-corrected chi connectivity index (χ4v) is 2.01. The van der Waals surface area contributed by atoms with Crippen molar-refractivity contribution in [3.05, 3.63) is 63.7 Å². The van der Waals surface area contributed by atoms with E-state index in [4.69, 9.17) is 4.74 Å². The van der Waals surface area contributed by atoms with E-state index >= 15 is 0 Å². The highest BCUT2D eigenvalue weighted by molar-refractivity contribution is 5.96. The van der Waals surface area contributed by atoms with E-state index in [-0.39, 0.29) is 11.4 Å².